The Kier molecular flexibility index (Phi) is 6.98. The molecule has 0 spiro atoms. The van der Waals surface area contributed by atoms with Crippen molar-refractivity contribution in [2.75, 3.05) is 31.5 Å². The van der Waals surface area contributed by atoms with Crippen LogP contribution < -0.4 is 5.32 Å². The van der Waals surface area contributed by atoms with Crippen LogP contribution in [0, 0.1) is 5.92 Å². The summed E-state index contributed by atoms with van der Waals surface area (Å²) in [5, 5.41) is 12.6. The van der Waals surface area contributed by atoms with Crippen LogP contribution in [0.5, 0.6) is 5.75 Å². The van der Waals surface area contributed by atoms with Crippen LogP contribution in [0.15, 0.2) is 30.9 Å². The van der Waals surface area contributed by atoms with Crippen molar-refractivity contribution in [1.82, 2.24) is 9.80 Å². The zero-order valence-electron chi connectivity index (χ0n) is 15.9. The van der Waals surface area contributed by atoms with Crippen molar-refractivity contribution in [3.63, 3.8) is 0 Å². The number of carbonyl (C=O) groups excluding carboxylic acids is 3. The van der Waals surface area contributed by atoms with Gasteiger partial charge in [-0.2, -0.15) is 0 Å². The summed E-state index contributed by atoms with van der Waals surface area (Å²) in [5.41, 5.74) is 0.528. The molecule has 0 unspecified atom stereocenters. The molecule has 2 N–H and O–H groups in total. The van der Waals surface area contributed by atoms with E-state index in [0.717, 1.165) is 12.5 Å². The zero-order chi connectivity index (χ0) is 20.0. The first-order valence-electron chi connectivity index (χ1n) is 9.15. The van der Waals surface area contributed by atoms with Gasteiger partial charge in [-0.3, -0.25) is 14.4 Å². The van der Waals surface area contributed by atoms with Crippen LogP contribution >= 0.6 is 0 Å². The normalized spacial score (nSPS) is 14.2. The van der Waals surface area contributed by atoms with Gasteiger partial charge in [0.2, 0.25) is 11.8 Å². The lowest BCUT2D eigenvalue weighted by atomic mass is 10.1. The number of benzene rings is 1. The highest BCUT2D eigenvalue weighted by Crippen LogP contribution is 2.24. The molecule has 1 aliphatic heterocycles. The van der Waals surface area contributed by atoms with Gasteiger partial charge in [0.15, 0.2) is 0 Å². The highest BCUT2D eigenvalue weighted by Gasteiger charge is 2.26. The van der Waals surface area contributed by atoms with E-state index in [4.69, 9.17) is 0 Å². The Morgan fingerprint density at radius 3 is 2.41 bits per heavy atom. The lowest BCUT2D eigenvalue weighted by Crippen LogP contribution is -2.50. The lowest BCUT2D eigenvalue weighted by Gasteiger charge is -2.35. The number of nitrogens with one attached hydrogen (secondary N) is 1. The van der Waals surface area contributed by atoms with Gasteiger partial charge in [-0.1, -0.05) is 20.4 Å². The molecule has 2 rings (SSSR count). The Hall–Kier alpha value is -2.83. The van der Waals surface area contributed by atoms with E-state index < -0.39 is 5.91 Å². The van der Waals surface area contributed by atoms with Crippen LogP contribution in [0.25, 0.3) is 0 Å². The van der Waals surface area contributed by atoms with E-state index in [9.17, 15) is 19.5 Å². The topological polar surface area (TPSA) is 89.9 Å². The SMILES string of the molecule is C=CC(=O)Nc1ccc(O)c(C(=O)N2CCN(C(=O)CCC(C)C)CC2)c1. The molecule has 1 aromatic carbocycles. The van der Waals surface area contributed by atoms with Crippen LogP contribution in [-0.4, -0.2) is 58.8 Å². The lowest BCUT2D eigenvalue weighted by molar-refractivity contribution is -0.133. The highest BCUT2D eigenvalue weighted by atomic mass is 16.3. The minimum Gasteiger partial charge on any atom is -0.507 e. The first-order chi connectivity index (χ1) is 12.8. The van der Waals surface area contributed by atoms with Crippen LogP contribution in [0.1, 0.15) is 37.0 Å². The van der Waals surface area contributed by atoms with Crippen LogP contribution in [0.2, 0.25) is 0 Å². The van der Waals surface area contributed by atoms with Crippen molar-refractivity contribution in [1.29, 1.82) is 0 Å². The third-order valence-corrected chi connectivity index (χ3v) is 4.54. The summed E-state index contributed by atoms with van der Waals surface area (Å²) in [7, 11) is 0. The fourth-order valence-corrected chi connectivity index (χ4v) is 2.88. The van der Waals surface area contributed by atoms with E-state index >= 15 is 0 Å². The molecule has 1 saturated heterocycles. The number of piperazine rings is 1. The van der Waals surface area contributed by atoms with Crippen LogP contribution in [0.3, 0.4) is 0 Å². The summed E-state index contributed by atoms with van der Waals surface area (Å²) in [6.07, 6.45) is 2.51. The van der Waals surface area contributed by atoms with Crippen molar-refractivity contribution in [3.8, 4) is 5.75 Å². The summed E-state index contributed by atoms with van der Waals surface area (Å²) in [5.74, 6) is -0.266. The molecular formula is C20H27N3O4. The first kappa shape index (κ1) is 20.5. The van der Waals surface area contributed by atoms with Crippen molar-refractivity contribution < 1.29 is 19.5 Å². The number of anilines is 1. The van der Waals surface area contributed by atoms with Crippen molar-refractivity contribution >= 4 is 23.4 Å². The van der Waals surface area contributed by atoms with Gasteiger partial charge in [-0.15, -0.1) is 0 Å². The van der Waals surface area contributed by atoms with Crippen LogP contribution in [-0.2, 0) is 9.59 Å². The molecule has 0 radical (unpaired) electrons. The number of nitrogens with zero attached hydrogens (tertiary/aromatic N) is 2. The first-order valence-corrected chi connectivity index (χ1v) is 9.15. The third-order valence-electron chi connectivity index (χ3n) is 4.54. The molecule has 0 aliphatic carbocycles. The van der Waals surface area contributed by atoms with E-state index in [1.165, 1.54) is 18.2 Å². The van der Waals surface area contributed by atoms with Gasteiger partial charge >= 0.3 is 0 Å². The smallest absolute Gasteiger partial charge is 0.257 e. The van der Waals surface area contributed by atoms with E-state index in [1.807, 2.05) is 0 Å². The van der Waals surface area contributed by atoms with Gasteiger partial charge in [0.05, 0.1) is 5.56 Å². The number of aromatic hydroxyl groups is 1. The van der Waals surface area contributed by atoms with E-state index in [1.54, 1.807) is 9.80 Å². The predicted octanol–water partition coefficient (Wildman–Crippen LogP) is 2.24. The van der Waals surface area contributed by atoms with E-state index in [-0.39, 0.29) is 23.1 Å². The molecule has 1 fully saturated rings. The fraction of sp³-hybridized carbons (Fsp3) is 0.450. The average Bonchev–Trinajstić information content (AvgIpc) is 2.67. The molecule has 146 valence electrons. The number of hydrogen-bond acceptors (Lipinski definition) is 4. The number of phenols is 1. The molecule has 7 heteroatoms. The molecule has 0 saturated carbocycles. The quantitative estimate of drug-likeness (QED) is 0.591. The number of hydrogen-bond donors (Lipinski definition) is 2. The summed E-state index contributed by atoms with van der Waals surface area (Å²) in [4.78, 5) is 39.8. The number of carbonyl (C=O) groups is 3. The minimum absolute atomic E-state index is 0.118. The Labute approximate surface area is 159 Å². The van der Waals surface area contributed by atoms with E-state index in [0.29, 0.717) is 44.2 Å². The largest absolute Gasteiger partial charge is 0.507 e. The van der Waals surface area contributed by atoms with Crippen molar-refractivity contribution in [2.45, 2.75) is 26.7 Å². The standard InChI is InChI=1S/C20H27N3O4/c1-4-18(25)21-15-6-7-17(24)16(13-15)20(27)23-11-9-22(10-12-23)19(26)8-5-14(2)3/h4,6-7,13-14,24H,1,5,8-12H2,2-3H3,(H,21,25). The summed E-state index contributed by atoms with van der Waals surface area (Å²) in [6, 6.07) is 4.33. The second-order valence-corrected chi connectivity index (χ2v) is 7.03. The summed E-state index contributed by atoms with van der Waals surface area (Å²) < 4.78 is 0. The number of rotatable bonds is 6. The fourth-order valence-electron chi connectivity index (χ4n) is 2.88. The molecule has 1 heterocycles. The molecule has 0 aromatic heterocycles. The minimum atomic E-state index is -0.396. The van der Waals surface area contributed by atoms with Crippen molar-refractivity contribution in [3.05, 3.63) is 36.4 Å². The van der Waals surface area contributed by atoms with Crippen molar-refractivity contribution in [2.24, 2.45) is 5.92 Å². The highest BCUT2D eigenvalue weighted by molar-refractivity contribution is 6.02. The van der Waals surface area contributed by atoms with Gasteiger partial charge in [0.1, 0.15) is 5.75 Å². The molecular weight excluding hydrogens is 346 g/mol. The second-order valence-electron chi connectivity index (χ2n) is 7.03. The van der Waals surface area contributed by atoms with Gasteiger partial charge in [0, 0.05) is 38.3 Å². The second kappa shape index (κ2) is 9.21. The molecule has 1 aliphatic rings. The monoisotopic (exact) mass is 373 g/mol. The zero-order valence-corrected chi connectivity index (χ0v) is 15.9. The van der Waals surface area contributed by atoms with Crippen LogP contribution in [0.4, 0.5) is 5.69 Å². The molecule has 27 heavy (non-hydrogen) atoms. The maximum Gasteiger partial charge on any atom is 0.257 e. The van der Waals surface area contributed by atoms with Gasteiger partial charge in [-0.25, -0.2) is 0 Å². The molecule has 3 amide bonds. The summed E-state index contributed by atoms with van der Waals surface area (Å²) >= 11 is 0. The maximum absolute atomic E-state index is 12.7. The van der Waals surface area contributed by atoms with Gasteiger partial charge in [0.25, 0.3) is 5.91 Å². The molecule has 1 aromatic rings. The Morgan fingerprint density at radius 1 is 1.19 bits per heavy atom. The number of phenolic OH excluding ortho intramolecular Hbond substituents is 1. The van der Waals surface area contributed by atoms with Gasteiger partial charge in [-0.05, 0) is 36.6 Å². The third kappa shape index (κ3) is 5.57. The van der Waals surface area contributed by atoms with Gasteiger partial charge < -0.3 is 20.2 Å². The number of amides is 3. The molecule has 7 nitrogen and oxygen atoms in total. The van der Waals surface area contributed by atoms with E-state index in [2.05, 4.69) is 25.7 Å². The maximum atomic E-state index is 12.7. The molecule has 0 atom stereocenters. The molecule has 0 bridgehead atoms. The Bertz CT molecular complexity index is 722. The Morgan fingerprint density at radius 2 is 1.81 bits per heavy atom. The average molecular weight is 373 g/mol. The predicted molar refractivity (Wildman–Crippen MR) is 103 cm³/mol. The summed E-state index contributed by atoms with van der Waals surface area (Å²) in [6.45, 7) is 9.34. The Balaban J connectivity index is 1.99.